The Labute approximate surface area is 107 Å². The van der Waals surface area contributed by atoms with E-state index in [2.05, 4.69) is 28.8 Å². The van der Waals surface area contributed by atoms with Gasteiger partial charge in [0.25, 0.3) is 0 Å². The van der Waals surface area contributed by atoms with Crippen LogP contribution in [0.25, 0.3) is 0 Å². The standard InChI is InChI=1S/C12H23F3N2O/c1-11(2)9-17(6-3-5-16-11)7-4-8-18-10-12(13,14)15/h16H,3-10H2,1-2H3. The van der Waals surface area contributed by atoms with Gasteiger partial charge in [0.05, 0.1) is 0 Å². The number of halogens is 3. The van der Waals surface area contributed by atoms with Crippen molar-refractivity contribution in [1.29, 1.82) is 0 Å². The number of nitrogens with zero attached hydrogens (tertiary/aromatic N) is 1. The lowest BCUT2D eigenvalue weighted by Gasteiger charge is -2.29. The van der Waals surface area contributed by atoms with Crippen LogP contribution < -0.4 is 5.32 Å². The zero-order valence-electron chi connectivity index (χ0n) is 11.1. The predicted octanol–water partition coefficient (Wildman–Crippen LogP) is 2.03. The molecule has 108 valence electrons. The average molecular weight is 268 g/mol. The number of nitrogens with one attached hydrogen (secondary N) is 1. The lowest BCUT2D eigenvalue weighted by atomic mass is 10.1. The quantitative estimate of drug-likeness (QED) is 0.772. The first-order chi connectivity index (χ1) is 8.29. The molecule has 0 aromatic rings. The van der Waals surface area contributed by atoms with Crippen molar-refractivity contribution < 1.29 is 17.9 Å². The fourth-order valence-electron chi connectivity index (χ4n) is 2.19. The van der Waals surface area contributed by atoms with Crippen molar-refractivity contribution in [2.24, 2.45) is 0 Å². The molecule has 1 heterocycles. The van der Waals surface area contributed by atoms with Gasteiger partial charge in [-0.1, -0.05) is 0 Å². The van der Waals surface area contributed by atoms with Crippen molar-refractivity contribution in [2.45, 2.75) is 38.4 Å². The number of alkyl halides is 3. The lowest BCUT2D eigenvalue weighted by molar-refractivity contribution is -0.174. The van der Waals surface area contributed by atoms with E-state index in [0.29, 0.717) is 6.42 Å². The third kappa shape index (κ3) is 7.18. The molecule has 0 saturated carbocycles. The van der Waals surface area contributed by atoms with Crippen LogP contribution in [0.15, 0.2) is 0 Å². The molecule has 0 atom stereocenters. The second-order valence-corrected chi connectivity index (χ2v) is 5.46. The van der Waals surface area contributed by atoms with Crippen LogP contribution >= 0.6 is 0 Å². The summed E-state index contributed by atoms with van der Waals surface area (Å²) in [5, 5.41) is 3.45. The molecule has 6 heteroatoms. The Morgan fingerprint density at radius 3 is 2.72 bits per heavy atom. The minimum absolute atomic E-state index is 0.0727. The molecule has 18 heavy (non-hydrogen) atoms. The van der Waals surface area contributed by atoms with E-state index in [1.54, 1.807) is 0 Å². The Kier molecular flexibility index (Phi) is 5.88. The summed E-state index contributed by atoms with van der Waals surface area (Å²) in [5.41, 5.74) is 0.0727. The summed E-state index contributed by atoms with van der Waals surface area (Å²) >= 11 is 0. The first-order valence-electron chi connectivity index (χ1n) is 6.40. The highest BCUT2D eigenvalue weighted by Gasteiger charge is 2.27. The fourth-order valence-corrected chi connectivity index (χ4v) is 2.19. The molecule has 0 radical (unpaired) electrons. The molecular weight excluding hydrogens is 245 g/mol. The van der Waals surface area contributed by atoms with E-state index in [1.807, 2.05) is 0 Å². The number of rotatable bonds is 5. The summed E-state index contributed by atoms with van der Waals surface area (Å²) in [7, 11) is 0. The zero-order chi connectivity index (χ0) is 13.6. The predicted molar refractivity (Wildman–Crippen MR) is 64.6 cm³/mol. The van der Waals surface area contributed by atoms with E-state index in [-0.39, 0.29) is 12.1 Å². The van der Waals surface area contributed by atoms with Crippen LogP contribution in [0.3, 0.4) is 0 Å². The smallest absolute Gasteiger partial charge is 0.372 e. The van der Waals surface area contributed by atoms with Crippen molar-refractivity contribution in [3.63, 3.8) is 0 Å². The van der Waals surface area contributed by atoms with Crippen LogP contribution in [0.1, 0.15) is 26.7 Å². The molecule has 0 aliphatic carbocycles. The molecule has 1 N–H and O–H groups in total. The first-order valence-corrected chi connectivity index (χ1v) is 6.40. The molecule has 1 fully saturated rings. The van der Waals surface area contributed by atoms with Crippen molar-refractivity contribution in [3.05, 3.63) is 0 Å². The summed E-state index contributed by atoms with van der Waals surface area (Å²) in [4.78, 5) is 2.29. The maximum Gasteiger partial charge on any atom is 0.411 e. The molecule has 1 aliphatic rings. The third-order valence-electron chi connectivity index (χ3n) is 2.90. The summed E-state index contributed by atoms with van der Waals surface area (Å²) in [6, 6.07) is 0. The Hall–Kier alpha value is -0.330. The SMILES string of the molecule is CC1(C)CN(CCCOCC(F)(F)F)CCCN1. The zero-order valence-corrected chi connectivity index (χ0v) is 11.1. The maximum absolute atomic E-state index is 11.8. The minimum Gasteiger partial charge on any atom is -0.372 e. The largest absolute Gasteiger partial charge is 0.411 e. The highest BCUT2D eigenvalue weighted by Crippen LogP contribution is 2.15. The van der Waals surface area contributed by atoms with E-state index in [4.69, 9.17) is 0 Å². The van der Waals surface area contributed by atoms with Gasteiger partial charge in [0.1, 0.15) is 6.61 Å². The van der Waals surface area contributed by atoms with Crippen LogP contribution in [0.4, 0.5) is 13.2 Å². The van der Waals surface area contributed by atoms with E-state index in [1.165, 1.54) is 0 Å². The second-order valence-electron chi connectivity index (χ2n) is 5.46. The maximum atomic E-state index is 11.8. The van der Waals surface area contributed by atoms with Crippen molar-refractivity contribution in [3.8, 4) is 0 Å². The van der Waals surface area contributed by atoms with E-state index >= 15 is 0 Å². The molecule has 0 aromatic carbocycles. The van der Waals surface area contributed by atoms with Crippen LogP contribution in [0.5, 0.6) is 0 Å². The molecular formula is C12H23F3N2O. The summed E-state index contributed by atoms with van der Waals surface area (Å²) in [6.45, 7) is 7.03. The molecule has 0 unspecified atom stereocenters. The van der Waals surface area contributed by atoms with Gasteiger partial charge >= 0.3 is 6.18 Å². The third-order valence-corrected chi connectivity index (χ3v) is 2.90. The molecule has 1 aliphatic heterocycles. The van der Waals surface area contributed by atoms with Gasteiger partial charge in [-0.2, -0.15) is 13.2 Å². The highest BCUT2D eigenvalue weighted by molar-refractivity contribution is 4.84. The average Bonchev–Trinajstić information content (AvgIpc) is 2.37. The summed E-state index contributed by atoms with van der Waals surface area (Å²) in [5.74, 6) is 0. The van der Waals surface area contributed by atoms with Gasteiger partial charge in [-0.25, -0.2) is 0 Å². The normalized spacial score (nSPS) is 21.8. The van der Waals surface area contributed by atoms with Gasteiger partial charge in [-0.15, -0.1) is 0 Å². The Balaban J connectivity index is 2.14. The van der Waals surface area contributed by atoms with Crippen molar-refractivity contribution in [1.82, 2.24) is 10.2 Å². The molecule has 0 aromatic heterocycles. The second kappa shape index (κ2) is 6.73. The molecule has 3 nitrogen and oxygen atoms in total. The Bertz CT molecular complexity index is 244. The van der Waals surface area contributed by atoms with Crippen LogP contribution in [-0.2, 0) is 4.74 Å². The van der Waals surface area contributed by atoms with Gasteiger partial charge in [0, 0.05) is 25.2 Å². The van der Waals surface area contributed by atoms with E-state index in [0.717, 1.165) is 32.6 Å². The summed E-state index contributed by atoms with van der Waals surface area (Å²) in [6.07, 6.45) is -2.49. The van der Waals surface area contributed by atoms with Gasteiger partial charge < -0.3 is 15.0 Å². The Morgan fingerprint density at radius 1 is 1.33 bits per heavy atom. The molecule has 0 amide bonds. The monoisotopic (exact) mass is 268 g/mol. The van der Waals surface area contributed by atoms with Gasteiger partial charge in [0.2, 0.25) is 0 Å². The van der Waals surface area contributed by atoms with Crippen molar-refractivity contribution in [2.75, 3.05) is 39.4 Å². The molecule has 0 bridgehead atoms. The molecule has 1 rings (SSSR count). The first kappa shape index (κ1) is 15.7. The number of ether oxygens (including phenoxy) is 1. The number of hydrogen-bond acceptors (Lipinski definition) is 3. The van der Waals surface area contributed by atoms with Crippen molar-refractivity contribution >= 4 is 0 Å². The van der Waals surface area contributed by atoms with Gasteiger partial charge in [-0.05, 0) is 39.8 Å². The number of hydrogen-bond donors (Lipinski definition) is 1. The summed E-state index contributed by atoms with van der Waals surface area (Å²) < 4.78 is 40.2. The topological polar surface area (TPSA) is 24.5 Å². The molecule has 1 saturated heterocycles. The highest BCUT2D eigenvalue weighted by atomic mass is 19.4. The van der Waals surface area contributed by atoms with E-state index < -0.39 is 12.8 Å². The van der Waals surface area contributed by atoms with Crippen LogP contribution in [0, 0.1) is 0 Å². The van der Waals surface area contributed by atoms with Gasteiger partial charge in [0.15, 0.2) is 0 Å². The Morgan fingerprint density at radius 2 is 2.06 bits per heavy atom. The van der Waals surface area contributed by atoms with E-state index in [9.17, 15) is 13.2 Å². The molecule has 0 spiro atoms. The minimum atomic E-state index is -4.21. The lowest BCUT2D eigenvalue weighted by Crippen LogP contribution is -2.46. The van der Waals surface area contributed by atoms with Crippen LogP contribution in [0.2, 0.25) is 0 Å². The van der Waals surface area contributed by atoms with Crippen LogP contribution in [-0.4, -0.2) is 56.0 Å². The fraction of sp³-hybridized carbons (Fsp3) is 1.00. The van der Waals surface area contributed by atoms with Gasteiger partial charge in [-0.3, -0.25) is 0 Å².